The van der Waals surface area contributed by atoms with Gasteiger partial charge in [-0.1, -0.05) is 30.1 Å². The minimum atomic E-state index is -0.472. The first kappa shape index (κ1) is 14.5. The largest absolute Gasteiger partial charge is 0.332 e. The molecule has 0 unspecified atom stereocenters. The second kappa shape index (κ2) is 5.73. The van der Waals surface area contributed by atoms with Crippen LogP contribution in [0.2, 0.25) is 5.02 Å². The summed E-state index contributed by atoms with van der Waals surface area (Å²) in [6.07, 6.45) is 6.82. The van der Waals surface area contributed by atoms with Crippen LogP contribution in [0.1, 0.15) is 44.9 Å². The molecule has 2 aromatic rings. The Kier molecular flexibility index (Phi) is 3.95. The van der Waals surface area contributed by atoms with Gasteiger partial charge in [-0.2, -0.15) is 4.98 Å². The van der Waals surface area contributed by atoms with E-state index < -0.39 is 5.54 Å². The second-order valence-corrected chi connectivity index (χ2v) is 6.23. The quantitative estimate of drug-likeness (QED) is 0.938. The van der Waals surface area contributed by atoms with E-state index in [0.717, 1.165) is 31.6 Å². The zero-order chi connectivity index (χ0) is 14.9. The number of pyridine rings is 1. The summed E-state index contributed by atoms with van der Waals surface area (Å²) in [7, 11) is 0. The maximum absolute atomic E-state index is 6.49. The molecule has 2 N–H and O–H groups in total. The molecule has 21 heavy (non-hydrogen) atoms. The van der Waals surface area contributed by atoms with Gasteiger partial charge in [-0.3, -0.25) is 0 Å². The van der Waals surface area contributed by atoms with Crippen molar-refractivity contribution in [3.63, 3.8) is 0 Å². The number of nitrogens with zero attached hydrogens (tertiary/aromatic N) is 3. The molecule has 3 rings (SSSR count). The van der Waals surface area contributed by atoms with Crippen LogP contribution < -0.4 is 5.73 Å². The monoisotopic (exact) mass is 306 g/mol. The van der Waals surface area contributed by atoms with Crippen LogP contribution in [0.4, 0.5) is 0 Å². The zero-order valence-corrected chi connectivity index (χ0v) is 12.8. The van der Waals surface area contributed by atoms with Crippen LogP contribution in [0.5, 0.6) is 0 Å². The summed E-state index contributed by atoms with van der Waals surface area (Å²) in [5.41, 5.74) is 6.63. The molecule has 0 bridgehead atoms. The zero-order valence-electron chi connectivity index (χ0n) is 12.1. The Hall–Kier alpha value is -1.46. The molecule has 0 amide bonds. The standard InChI is InChI=1S/C15H19ClN4O/c1-2-10-5-7-15(17,8-6-10)14-19-13(21-20-14)12-4-3-11(16)9-18-12/h3-4,9-10H,2,5-8,17H2,1H3. The molecular weight excluding hydrogens is 288 g/mol. The summed E-state index contributed by atoms with van der Waals surface area (Å²) in [4.78, 5) is 8.63. The van der Waals surface area contributed by atoms with E-state index in [1.807, 2.05) is 0 Å². The van der Waals surface area contributed by atoms with E-state index >= 15 is 0 Å². The van der Waals surface area contributed by atoms with Gasteiger partial charge in [0.15, 0.2) is 5.82 Å². The van der Waals surface area contributed by atoms with Gasteiger partial charge in [0.05, 0.1) is 10.6 Å². The fourth-order valence-electron chi connectivity index (χ4n) is 2.86. The fraction of sp³-hybridized carbons (Fsp3) is 0.533. The summed E-state index contributed by atoms with van der Waals surface area (Å²) >= 11 is 5.83. The molecule has 112 valence electrons. The first-order chi connectivity index (χ1) is 10.1. The third kappa shape index (κ3) is 2.94. The highest BCUT2D eigenvalue weighted by molar-refractivity contribution is 6.30. The lowest BCUT2D eigenvalue weighted by Gasteiger charge is -2.34. The van der Waals surface area contributed by atoms with Gasteiger partial charge in [-0.05, 0) is 43.7 Å². The third-order valence-corrected chi connectivity index (χ3v) is 4.62. The minimum Gasteiger partial charge on any atom is -0.332 e. The lowest BCUT2D eigenvalue weighted by molar-refractivity contribution is 0.216. The van der Waals surface area contributed by atoms with Crippen molar-refractivity contribution in [1.82, 2.24) is 15.1 Å². The Labute approximate surface area is 128 Å². The van der Waals surface area contributed by atoms with Crippen molar-refractivity contribution in [2.75, 3.05) is 0 Å². The van der Waals surface area contributed by atoms with Gasteiger partial charge < -0.3 is 10.3 Å². The van der Waals surface area contributed by atoms with Gasteiger partial charge in [0, 0.05) is 6.20 Å². The van der Waals surface area contributed by atoms with E-state index in [4.69, 9.17) is 21.9 Å². The number of nitrogens with two attached hydrogens (primary N) is 1. The van der Waals surface area contributed by atoms with Crippen molar-refractivity contribution in [3.05, 3.63) is 29.2 Å². The van der Waals surface area contributed by atoms with Gasteiger partial charge in [0.2, 0.25) is 0 Å². The summed E-state index contributed by atoms with van der Waals surface area (Å²) in [5.74, 6) is 1.75. The number of halogens is 1. The Morgan fingerprint density at radius 2 is 2.14 bits per heavy atom. The number of hydrogen-bond acceptors (Lipinski definition) is 5. The van der Waals surface area contributed by atoms with E-state index in [1.54, 1.807) is 18.3 Å². The Morgan fingerprint density at radius 3 is 2.76 bits per heavy atom. The second-order valence-electron chi connectivity index (χ2n) is 5.79. The number of rotatable bonds is 3. The molecule has 0 aliphatic heterocycles. The normalized spacial score (nSPS) is 26.0. The molecule has 1 aliphatic carbocycles. The van der Waals surface area contributed by atoms with Crippen LogP contribution in [0.25, 0.3) is 11.6 Å². The molecule has 1 fully saturated rings. The van der Waals surface area contributed by atoms with E-state index in [9.17, 15) is 0 Å². The molecule has 0 saturated heterocycles. The van der Waals surface area contributed by atoms with Crippen molar-refractivity contribution in [2.24, 2.45) is 11.7 Å². The van der Waals surface area contributed by atoms with Crippen LogP contribution in [-0.2, 0) is 5.54 Å². The van der Waals surface area contributed by atoms with Crippen LogP contribution in [0.15, 0.2) is 22.9 Å². The Balaban J connectivity index is 1.80. The van der Waals surface area contributed by atoms with Crippen LogP contribution in [-0.4, -0.2) is 15.1 Å². The molecule has 6 heteroatoms. The van der Waals surface area contributed by atoms with Crippen molar-refractivity contribution in [3.8, 4) is 11.6 Å². The highest BCUT2D eigenvalue weighted by Gasteiger charge is 2.37. The Bertz CT molecular complexity index is 602. The van der Waals surface area contributed by atoms with Crippen LogP contribution in [0, 0.1) is 5.92 Å². The van der Waals surface area contributed by atoms with Gasteiger partial charge >= 0.3 is 0 Å². The van der Waals surface area contributed by atoms with E-state index in [-0.39, 0.29) is 0 Å². The summed E-state index contributed by atoms with van der Waals surface area (Å²) < 4.78 is 5.32. The minimum absolute atomic E-state index is 0.393. The summed E-state index contributed by atoms with van der Waals surface area (Å²) in [6.45, 7) is 2.23. The summed E-state index contributed by atoms with van der Waals surface area (Å²) in [6, 6.07) is 3.51. The third-order valence-electron chi connectivity index (χ3n) is 4.39. The van der Waals surface area contributed by atoms with Crippen molar-refractivity contribution in [1.29, 1.82) is 0 Å². The lowest BCUT2D eigenvalue weighted by atomic mass is 9.76. The van der Waals surface area contributed by atoms with Gasteiger partial charge in [-0.15, -0.1) is 0 Å². The van der Waals surface area contributed by atoms with Crippen molar-refractivity contribution < 1.29 is 4.52 Å². The SMILES string of the molecule is CCC1CCC(N)(c2noc(-c3ccc(Cl)cn3)n2)CC1. The van der Waals surface area contributed by atoms with Gasteiger partial charge in [-0.25, -0.2) is 4.98 Å². The van der Waals surface area contributed by atoms with Crippen molar-refractivity contribution in [2.45, 2.75) is 44.6 Å². The first-order valence-electron chi connectivity index (χ1n) is 7.36. The van der Waals surface area contributed by atoms with E-state index in [0.29, 0.717) is 22.4 Å². The van der Waals surface area contributed by atoms with Gasteiger partial charge in [0.25, 0.3) is 5.89 Å². The van der Waals surface area contributed by atoms with E-state index in [2.05, 4.69) is 22.0 Å². The molecule has 0 radical (unpaired) electrons. The lowest BCUT2D eigenvalue weighted by Crippen LogP contribution is -2.41. The molecule has 2 aromatic heterocycles. The van der Waals surface area contributed by atoms with Gasteiger partial charge in [0.1, 0.15) is 5.69 Å². The molecular formula is C15H19ClN4O. The molecule has 0 spiro atoms. The average molecular weight is 307 g/mol. The molecule has 1 aliphatic rings. The predicted molar refractivity (Wildman–Crippen MR) is 80.7 cm³/mol. The molecule has 0 aromatic carbocycles. The highest BCUT2D eigenvalue weighted by Crippen LogP contribution is 2.37. The maximum atomic E-state index is 6.49. The van der Waals surface area contributed by atoms with E-state index in [1.165, 1.54) is 6.42 Å². The smallest absolute Gasteiger partial charge is 0.276 e. The molecule has 0 atom stereocenters. The first-order valence-corrected chi connectivity index (χ1v) is 7.73. The number of aromatic nitrogens is 3. The average Bonchev–Trinajstić information content (AvgIpc) is 2.99. The van der Waals surface area contributed by atoms with Crippen LogP contribution >= 0.6 is 11.6 Å². The summed E-state index contributed by atoms with van der Waals surface area (Å²) in [5, 5.41) is 4.65. The Morgan fingerprint density at radius 1 is 1.38 bits per heavy atom. The van der Waals surface area contributed by atoms with Crippen molar-refractivity contribution >= 4 is 11.6 Å². The maximum Gasteiger partial charge on any atom is 0.276 e. The molecule has 5 nitrogen and oxygen atoms in total. The molecule has 2 heterocycles. The fourth-order valence-corrected chi connectivity index (χ4v) is 2.97. The van der Waals surface area contributed by atoms with Crippen LogP contribution in [0.3, 0.4) is 0 Å². The topological polar surface area (TPSA) is 77.8 Å². The molecule has 1 saturated carbocycles. The highest BCUT2D eigenvalue weighted by atomic mass is 35.5. The number of hydrogen-bond donors (Lipinski definition) is 1. The predicted octanol–water partition coefficient (Wildman–Crippen LogP) is 3.54.